The van der Waals surface area contributed by atoms with Crippen LogP contribution in [0.4, 0.5) is 0 Å². The Kier molecular flexibility index (Phi) is 6.50. The SMILES string of the molecule is COC(=O)C(c1ccccc1)N1CCC(c2ccc(-n3cnn(C(C)C)c3=O)cn2)CC1. The van der Waals surface area contributed by atoms with E-state index in [2.05, 4.69) is 15.0 Å². The Balaban J connectivity index is 1.45. The van der Waals surface area contributed by atoms with Gasteiger partial charge >= 0.3 is 11.7 Å². The highest BCUT2D eigenvalue weighted by molar-refractivity contribution is 5.77. The number of benzene rings is 1. The smallest absolute Gasteiger partial charge is 0.350 e. The van der Waals surface area contributed by atoms with E-state index in [9.17, 15) is 9.59 Å². The lowest BCUT2D eigenvalue weighted by Gasteiger charge is -2.36. The van der Waals surface area contributed by atoms with Gasteiger partial charge in [-0.25, -0.2) is 18.8 Å². The fourth-order valence-corrected chi connectivity index (χ4v) is 4.33. The molecule has 1 fully saturated rings. The van der Waals surface area contributed by atoms with Crippen LogP contribution in [0, 0.1) is 0 Å². The molecule has 8 heteroatoms. The molecule has 1 aromatic carbocycles. The van der Waals surface area contributed by atoms with Gasteiger partial charge in [0.2, 0.25) is 0 Å². The van der Waals surface area contributed by atoms with Gasteiger partial charge in [-0.3, -0.25) is 9.88 Å². The van der Waals surface area contributed by atoms with Gasteiger partial charge in [0.15, 0.2) is 0 Å². The first-order valence-electron chi connectivity index (χ1n) is 11.0. The van der Waals surface area contributed by atoms with Crippen LogP contribution in [0.3, 0.4) is 0 Å². The Bertz CT molecular complexity index is 1100. The highest BCUT2D eigenvalue weighted by atomic mass is 16.5. The Morgan fingerprint density at radius 3 is 2.38 bits per heavy atom. The second kappa shape index (κ2) is 9.48. The second-order valence-corrected chi connectivity index (χ2v) is 8.41. The average molecular weight is 436 g/mol. The minimum atomic E-state index is -0.387. The molecule has 1 aliphatic rings. The predicted molar refractivity (Wildman–Crippen MR) is 121 cm³/mol. The number of rotatable bonds is 6. The van der Waals surface area contributed by atoms with E-state index in [1.54, 1.807) is 6.20 Å². The number of piperidine rings is 1. The molecule has 0 aliphatic carbocycles. The van der Waals surface area contributed by atoms with Gasteiger partial charge in [0.05, 0.1) is 25.0 Å². The molecule has 4 rings (SSSR count). The Labute approximate surface area is 187 Å². The molecule has 0 N–H and O–H groups in total. The molecule has 0 radical (unpaired) electrons. The molecule has 32 heavy (non-hydrogen) atoms. The minimum absolute atomic E-state index is 0.00543. The summed E-state index contributed by atoms with van der Waals surface area (Å²) in [6.45, 7) is 5.41. The Morgan fingerprint density at radius 1 is 1.09 bits per heavy atom. The van der Waals surface area contributed by atoms with Crippen LogP contribution < -0.4 is 5.69 Å². The van der Waals surface area contributed by atoms with Crippen LogP contribution in [0.2, 0.25) is 0 Å². The van der Waals surface area contributed by atoms with Gasteiger partial charge in [0.1, 0.15) is 12.4 Å². The predicted octanol–water partition coefficient (Wildman–Crippen LogP) is 3.10. The zero-order valence-corrected chi connectivity index (χ0v) is 18.7. The van der Waals surface area contributed by atoms with E-state index in [1.807, 2.05) is 56.3 Å². The monoisotopic (exact) mass is 435 g/mol. The number of nitrogens with zero attached hydrogens (tertiary/aromatic N) is 5. The Hall–Kier alpha value is -3.26. The number of esters is 1. The number of likely N-dealkylation sites (tertiary alicyclic amines) is 1. The molecule has 1 saturated heterocycles. The van der Waals surface area contributed by atoms with Gasteiger partial charge in [-0.15, -0.1) is 0 Å². The van der Waals surface area contributed by atoms with Crippen molar-refractivity contribution in [1.82, 2.24) is 24.2 Å². The zero-order valence-electron chi connectivity index (χ0n) is 18.7. The summed E-state index contributed by atoms with van der Waals surface area (Å²) in [7, 11) is 1.44. The first-order chi connectivity index (χ1) is 15.5. The molecule has 0 amide bonds. The zero-order chi connectivity index (χ0) is 22.7. The Morgan fingerprint density at radius 2 is 1.81 bits per heavy atom. The summed E-state index contributed by atoms with van der Waals surface area (Å²) in [5, 5.41) is 4.17. The highest BCUT2D eigenvalue weighted by Crippen LogP contribution is 2.32. The fraction of sp³-hybridized carbons (Fsp3) is 0.417. The number of hydrogen-bond acceptors (Lipinski definition) is 6. The lowest BCUT2D eigenvalue weighted by Crippen LogP contribution is -2.40. The van der Waals surface area contributed by atoms with Crippen LogP contribution in [0.1, 0.15) is 55.9 Å². The normalized spacial score (nSPS) is 16.2. The molecule has 2 aromatic heterocycles. The number of ether oxygens (including phenoxy) is 1. The lowest BCUT2D eigenvalue weighted by atomic mass is 9.91. The molecule has 3 heterocycles. The van der Waals surface area contributed by atoms with Crippen molar-refractivity contribution in [2.75, 3.05) is 20.2 Å². The van der Waals surface area contributed by atoms with Crippen molar-refractivity contribution in [2.45, 2.75) is 44.7 Å². The lowest BCUT2D eigenvalue weighted by molar-refractivity contribution is -0.147. The third kappa shape index (κ3) is 4.36. The summed E-state index contributed by atoms with van der Waals surface area (Å²) < 4.78 is 8.05. The molecule has 0 saturated carbocycles. The summed E-state index contributed by atoms with van der Waals surface area (Å²) in [6, 6.07) is 13.3. The van der Waals surface area contributed by atoms with E-state index in [0.717, 1.165) is 37.2 Å². The maximum Gasteiger partial charge on any atom is 0.350 e. The molecule has 1 unspecified atom stereocenters. The third-order valence-electron chi connectivity index (χ3n) is 6.08. The number of carbonyl (C=O) groups excluding carboxylic acids is 1. The molecule has 3 aromatic rings. The summed E-state index contributed by atoms with van der Waals surface area (Å²) in [6.07, 6.45) is 5.07. The number of carbonyl (C=O) groups is 1. The molecule has 8 nitrogen and oxygen atoms in total. The first kappa shape index (κ1) is 22.0. The first-order valence-corrected chi connectivity index (χ1v) is 11.0. The van der Waals surface area contributed by atoms with E-state index in [1.165, 1.54) is 22.7 Å². The summed E-state index contributed by atoms with van der Waals surface area (Å²) in [4.78, 5) is 31.8. The quantitative estimate of drug-likeness (QED) is 0.554. The van der Waals surface area contributed by atoms with Crippen molar-refractivity contribution >= 4 is 5.97 Å². The second-order valence-electron chi connectivity index (χ2n) is 8.41. The summed E-state index contributed by atoms with van der Waals surface area (Å²) >= 11 is 0. The van der Waals surface area contributed by atoms with Crippen molar-refractivity contribution in [3.05, 3.63) is 76.7 Å². The number of pyridine rings is 1. The number of hydrogen-bond donors (Lipinski definition) is 0. The molecule has 168 valence electrons. The molecular formula is C24H29N5O3. The van der Waals surface area contributed by atoms with Gasteiger partial charge < -0.3 is 4.74 Å². The van der Waals surface area contributed by atoms with E-state index < -0.39 is 0 Å². The van der Waals surface area contributed by atoms with Gasteiger partial charge in [-0.05, 0) is 57.5 Å². The molecule has 0 spiro atoms. The van der Waals surface area contributed by atoms with Crippen molar-refractivity contribution in [1.29, 1.82) is 0 Å². The standard InChI is InChI=1S/C24H29N5O3/c1-17(2)29-24(31)28(16-26-29)20-9-10-21(25-15-20)18-11-13-27(14-12-18)22(23(30)32-3)19-7-5-4-6-8-19/h4-10,15-18,22H,11-14H2,1-3H3. The average Bonchev–Trinajstić information content (AvgIpc) is 3.22. The van der Waals surface area contributed by atoms with Crippen molar-refractivity contribution in [3.8, 4) is 5.69 Å². The molecule has 0 bridgehead atoms. The minimum Gasteiger partial charge on any atom is -0.468 e. The van der Waals surface area contributed by atoms with Crippen molar-refractivity contribution in [3.63, 3.8) is 0 Å². The van der Waals surface area contributed by atoms with Gasteiger partial charge in [-0.2, -0.15) is 5.10 Å². The van der Waals surface area contributed by atoms with E-state index in [-0.39, 0.29) is 23.7 Å². The van der Waals surface area contributed by atoms with Crippen molar-refractivity contribution < 1.29 is 9.53 Å². The fourth-order valence-electron chi connectivity index (χ4n) is 4.33. The maximum atomic E-state index is 12.5. The summed E-state index contributed by atoms with van der Waals surface area (Å²) in [5.74, 6) is 0.0778. The van der Waals surface area contributed by atoms with E-state index in [4.69, 9.17) is 4.74 Å². The van der Waals surface area contributed by atoms with Crippen LogP contribution in [0.25, 0.3) is 5.69 Å². The van der Waals surface area contributed by atoms with Crippen LogP contribution in [-0.2, 0) is 9.53 Å². The third-order valence-corrected chi connectivity index (χ3v) is 6.08. The maximum absolute atomic E-state index is 12.5. The highest BCUT2D eigenvalue weighted by Gasteiger charge is 2.32. The number of methoxy groups -OCH3 is 1. The molecule has 1 atom stereocenters. The van der Waals surface area contributed by atoms with Gasteiger partial charge in [0.25, 0.3) is 0 Å². The number of aromatic nitrogens is 4. The molecule has 1 aliphatic heterocycles. The van der Waals surface area contributed by atoms with E-state index in [0.29, 0.717) is 11.6 Å². The van der Waals surface area contributed by atoms with Gasteiger partial charge in [-0.1, -0.05) is 30.3 Å². The van der Waals surface area contributed by atoms with Crippen LogP contribution >= 0.6 is 0 Å². The van der Waals surface area contributed by atoms with Crippen molar-refractivity contribution in [2.24, 2.45) is 0 Å². The topological polar surface area (TPSA) is 82.2 Å². The van der Waals surface area contributed by atoms with Crippen LogP contribution in [0.5, 0.6) is 0 Å². The van der Waals surface area contributed by atoms with E-state index >= 15 is 0 Å². The van der Waals surface area contributed by atoms with Crippen LogP contribution in [0.15, 0.2) is 59.8 Å². The van der Waals surface area contributed by atoms with Crippen LogP contribution in [-0.4, -0.2) is 50.4 Å². The van der Waals surface area contributed by atoms with Gasteiger partial charge in [0, 0.05) is 11.6 Å². The molecular weight excluding hydrogens is 406 g/mol. The summed E-state index contributed by atoms with van der Waals surface area (Å²) in [5.41, 5.74) is 2.50. The largest absolute Gasteiger partial charge is 0.468 e.